The average molecular weight is 195 g/mol. The fraction of sp³-hybridized carbons (Fsp3) is 0. The third kappa shape index (κ3) is 1.04. The van der Waals surface area contributed by atoms with Crippen LogP contribution < -0.4 is 5.84 Å². The molecule has 1 aromatic heterocycles. The summed E-state index contributed by atoms with van der Waals surface area (Å²) in [4.78, 5) is 4.36. The molecule has 3 rings (SSSR count). The smallest absolute Gasteiger partial charge is 0.0986 e. The maximum atomic E-state index is 5.99. The predicted octanol–water partition coefficient (Wildman–Crippen LogP) is 2.24. The lowest BCUT2D eigenvalue weighted by Gasteiger charge is -1.97. The molecule has 0 amide bonds. The van der Waals surface area contributed by atoms with Crippen LogP contribution in [0.3, 0.4) is 0 Å². The number of aliphatic imine (C=N–C) groups is 1. The van der Waals surface area contributed by atoms with E-state index in [4.69, 9.17) is 5.84 Å². The molecule has 2 aromatic rings. The highest BCUT2D eigenvalue weighted by atomic mass is 15.3. The van der Waals surface area contributed by atoms with Crippen LogP contribution in [0.1, 0.15) is 5.69 Å². The maximum Gasteiger partial charge on any atom is 0.0986 e. The monoisotopic (exact) mass is 195 g/mol. The number of para-hydroxylation sites is 1. The van der Waals surface area contributed by atoms with E-state index in [9.17, 15) is 0 Å². The Kier molecular flexibility index (Phi) is 1.55. The summed E-state index contributed by atoms with van der Waals surface area (Å²) in [6.45, 7) is 0. The maximum absolute atomic E-state index is 5.99. The zero-order chi connectivity index (χ0) is 10.3. The number of hydrogen-bond acceptors (Lipinski definition) is 2. The molecule has 2 N–H and O–H groups in total. The molecule has 15 heavy (non-hydrogen) atoms. The number of allylic oxidation sites excluding steroid dienone is 1. The summed E-state index contributed by atoms with van der Waals surface area (Å²) in [5.41, 5.74) is 5.79. The quantitative estimate of drug-likeness (QED) is 0.508. The number of aromatic nitrogens is 1. The van der Waals surface area contributed by atoms with Crippen molar-refractivity contribution in [2.75, 3.05) is 5.84 Å². The molecule has 0 saturated carbocycles. The summed E-state index contributed by atoms with van der Waals surface area (Å²) in [7, 11) is 0. The number of nitrogens with zero attached hydrogens (tertiary/aromatic N) is 2. The van der Waals surface area contributed by atoms with Gasteiger partial charge in [0, 0.05) is 17.7 Å². The van der Waals surface area contributed by atoms with Crippen molar-refractivity contribution in [3.05, 3.63) is 41.8 Å². The van der Waals surface area contributed by atoms with E-state index < -0.39 is 0 Å². The lowest BCUT2D eigenvalue weighted by molar-refractivity contribution is 1.05. The summed E-state index contributed by atoms with van der Waals surface area (Å²) in [6.07, 6.45) is 5.35. The molecule has 0 bridgehead atoms. The van der Waals surface area contributed by atoms with Gasteiger partial charge >= 0.3 is 0 Å². The molecule has 0 unspecified atom stereocenters. The first-order valence-electron chi connectivity index (χ1n) is 4.71. The summed E-state index contributed by atoms with van der Waals surface area (Å²) < 4.78 is 1.65. The predicted molar refractivity (Wildman–Crippen MR) is 62.8 cm³/mol. The van der Waals surface area contributed by atoms with Crippen molar-refractivity contribution < 1.29 is 0 Å². The average Bonchev–Trinajstić information content (AvgIpc) is 2.48. The van der Waals surface area contributed by atoms with Crippen molar-refractivity contribution in [3.63, 3.8) is 0 Å². The lowest BCUT2D eigenvalue weighted by atomic mass is 10.2. The van der Waals surface area contributed by atoms with E-state index >= 15 is 0 Å². The molecule has 0 atom stereocenters. The Morgan fingerprint density at radius 3 is 3.07 bits per heavy atom. The van der Waals surface area contributed by atoms with E-state index in [1.54, 1.807) is 17.0 Å². The zero-order valence-corrected chi connectivity index (χ0v) is 8.01. The Morgan fingerprint density at radius 2 is 2.13 bits per heavy atom. The van der Waals surface area contributed by atoms with Crippen molar-refractivity contribution >= 4 is 28.9 Å². The van der Waals surface area contributed by atoms with Crippen LogP contribution in [0.4, 0.5) is 5.69 Å². The van der Waals surface area contributed by atoms with Gasteiger partial charge in [0.1, 0.15) is 0 Å². The first-order chi connectivity index (χ1) is 7.38. The van der Waals surface area contributed by atoms with Crippen LogP contribution in [0.15, 0.2) is 41.1 Å². The van der Waals surface area contributed by atoms with Crippen molar-refractivity contribution in [3.8, 4) is 0 Å². The largest absolute Gasteiger partial charge is 0.338 e. The Balaban J connectivity index is 2.53. The molecule has 1 aliphatic heterocycles. The summed E-state index contributed by atoms with van der Waals surface area (Å²) >= 11 is 0. The molecule has 0 spiro atoms. The first kappa shape index (κ1) is 8.09. The van der Waals surface area contributed by atoms with E-state index in [1.807, 2.05) is 30.3 Å². The van der Waals surface area contributed by atoms with E-state index in [2.05, 4.69) is 10.7 Å². The molecular weight excluding hydrogens is 186 g/mol. The van der Waals surface area contributed by atoms with Crippen LogP contribution in [-0.4, -0.2) is 10.9 Å². The molecule has 0 fully saturated rings. The molecule has 0 radical (unpaired) electrons. The molecule has 3 heteroatoms. The van der Waals surface area contributed by atoms with Crippen LogP contribution >= 0.6 is 0 Å². The third-order valence-electron chi connectivity index (χ3n) is 2.52. The van der Waals surface area contributed by atoms with Crippen LogP contribution in [0.5, 0.6) is 0 Å². The number of nitrogens with two attached hydrogens (primary N) is 1. The highest BCUT2D eigenvalue weighted by Gasteiger charge is 2.12. The molecule has 2 heterocycles. The van der Waals surface area contributed by atoms with Gasteiger partial charge in [0.2, 0.25) is 0 Å². The van der Waals surface area contributed by atoms with Crippen LogP contribution in [-0.2, 0) is 0 Å². The van der Waals surface area contributed by atoms with Gasteiger partial charge in [-0.15, -0.1) is 5.73 Å². The minimum atomic E-state index is 0.890. The van der Waals surface area contributed by atoms with Gasteiger partial charge in [-0.1, -0.05) is 18.2 Å². The molecule has 72 valence electrons. The molecule has 0 aliphatic carbocycles. The summed E-state index contributed by atoms with van der Waals surface area (Å²) in [5.74, 6) is 5.99. The van der Waals surface area contributed by atoms with Crippen molar-refractivity contribution in [1.29, 1.82) is 0 Å². The molecule has 0 saturated heterocycles. The lowest BCUT2D eigenvalue weighted by Crippen LogP contribution is -2.08. The van der Waals surface area contributed by atoms with E-state index in [-0.39, 0.29) is 0 Å². The van der Waals surface area contributed by atoms with Crippen LogP contribution in [0.25, 0.3) is 17.0 Å². The Bertz CT molecular complexity index is 626. The number of benzene rings is 1. The second-order valence-electron chi connectivity index (χ2n) is 3.38. The molecule has 1 aliphatic rings. The second-order valence-corrected chi connectivity index (χ2v) is 3.38. The Labute approximate surface area is 86.8 Å². The van der Waals surface area contributed by atoms with E-state index in [0.29, 0.717) is 0 Å². The standard InChI is InChI=1S/C12H9N3/c13-15-10-6-2-1-5-9(10)12-11(15)7-3-4-8-14-12/h1-2,4-8H,13H2. The topological polar surface area (TPSA) is 43.3 Å². The van der Waals surface area contributed by atoms with Crippen LogP contribution in [0, 0.1) is 0 Å². The molecule has 3 nitrogen and oxygen atoms in total. The number of rotatable bonds is 0. The number of fused-ring (bicyclic) bond motifs is 3. The Hall–Kier alpha value is -2.25. The van der Waals surface area contributed by atoms with Gasteiger partial charge in [-0.05, 0) is 12.1 Å². The van der Waals surface area contributed by atoms with Gasteiger partial charge in [0.15, 0.2) is 0 Å². The minimum absolute atomic E-state index is 0.890. The van der Waals surface area contributed by atoms with Crippen molar-refractivity contribution in [2.45, 2.75) is 0 Å². The fourth-order valence-electron chi connectivity index (χ4n) is 1.82. The Morgan fingerprint density at radius 1 is 1.27 bits per heavy atom. The van der Waals surface area contributed by atoms with Crippen molar-refractivity contribution in [1.82, 2.24) is 4.68 Å². The zero-order valence-electron chi connectivity index (χ0n) is 8.01. The van der Waals surface area contributed by atoms with E-state index in [1.165, 1.54) is 0 Å². The second kappa shape index (κ2) is 2.87. The SMILES string of the molecule is Nn1c2c(c3ccccc31)N=CC=C=C2. The highest BCUT2D eigenvalue weighted by molar-refractivity contribution is 5.99. The van der Waals surface area contributed by atoms with Gasteiger partial charge in [-0.25, -0.2) is 0 Å². The number of hydrogen-bond donors (Lipinski definition) is 1. The van der Waals surface area contributed by atoms with Crippen LogP contribution in [0.2, 0.25) is 0 Å². The molecule has 1 aromatic carbocycles. The van der Waals surface area contributed by atoms with Gasteiger partial charge in [0.25, 0.3) is 0 Å². The van der Waals surface area contributed by atoms with Crippen molar-refractivity contribution in [2.24, 2.45) is 4.99 Å². The number of nitrogen functional groups attached to an aromatic ring is 1. The van der Waals surface area contributed by atoms with Gasteiger partial charge in [-0.2, -0.15) is 0 Å². The van der Waals surface area contributed by atoms with Gasteiger partial charge in [-0.3, -0.25) is 9.67 Å². The summed E-state index contributed by atoms with van der Waals surface area (Å²) in [5, 5.41) is 1.07. The minimum Gasteiger partial charge on any atom is -0.338 e. The normalized spacial score (nSPS) is 13.1. The van der Waals surface area contributed by atoms with E-state index in [0.717, 1.165) is 22.3 Å². The van der Waals surface area contributed by atoms with Gasteiger partial charge < -0.3 is 5.84 Å². The first-order valence-corrected chi connectivity index (χ1v) is 4.71. The highest BCUT2D eigenvalue weighted by Crippen LogP contribution is 2.32. The summed E-state index contributed by atoms with van der Waals surface area (Å²) in [6, 6.07) is 7.96. The third-order valence-corrected chi connectivity index (χ3v) is 2.52. The molecular formula is C12H9N3. The fourth-order valence-corrected chi connectivity index (χ4v) is 1.82. The van der Waals surface area contributed by atoms with Gasteiger partial charge in [0.05, 0.1) is 16.9 Å².